The Kier molecular flexibility index (Phi) is 13.3. The first kappa shape index (κ1) is 32.2. The summed E-state index contributed by atoms with van der Waals surface area (Å²) in [5, 5.41) is 45.2. The number of rotatable bonds is 19. The van der Waals surface area contributed by atoms with Crippen LogP contribution < -0.4 is 0 Å². The van der Waals surface area contributed by atoms with E-state index in [0.717, 1.165) is 31.1 Å². The quantitative estimate of drug-likeness (QED) is 0.102. The van der Waals surface area contributed by atoms with E-state index < -0.39 is 24.0 Å². The zero-order valence-electron chi connectivity index (χ0n) is 22.7. The summed E-state index contributed by atoms with van der Waals surface area (Å²) in [6, 6.07) is 0.202. The molecule has 1 heterocycles. The zero-order valence-corrected chi connectivity index (χ0v) is 22.7. The highest BCUT2D eigenvalue weighted by Gasteiger charge is 2.58. The minimum atomic E-state index is -1.03. The van der Waals surface area contributed by atoms with Crippen LogP contribution in [0.4, 0.5) is 0 Å². The molecule has 0 bridgehead atoms. The molecule has 0 aromatic rings. The summed E-state index contributed by atoms with van der Waals surface area (Å²) in [5.74, 6) is -1.70. The number of hydrogen-bond acceptors (Lipinski definition) is 9. The average Bonchev–Trinajstić information content (AvgIpc) is 3.40. The number of methoxy groups -OCH3 is 1. The van der Waals surface area contributed by atoms with E-state index in [1.807, 2.05) is 13.8 Å². The van der Waals surface area contributed by atoms with Crippen molar-refractivity contribution < 1.29 is 29.6 Å². The number of nitrogens with zero attached hydrogens (tertiary/aromatic N) is 1. The van der Waals surface area contributed by atoms with Gasteiger partial charge in [-0.3, -0.25) is 15.1 Å². The SMILES string of the molecule is COC(CC1N(CCO)[C@]1(C)CCC[C@H](C)C(O)[C@@H](C)C(=O)C(C)[C@@H](O)CC=O)/C(C)=C/C(=N)C=N. The Morgan fingerprint density at radius 2 is 1.86 bits per heavy atom. The Morgan fingerprint density at radius 3 is 2.39 bits per heavy atom. The molecule has 9 atom stereocenters. The van der Waals surface area contributed by atoms with Crippen molar-refractivity contribution in [3.05, 3.63) is 11.6 Å². The highest BCUT2D eigenvalue weighted by Crippen LogP contribution is 2.47. The van der Waals surface area contributed by atoms with Crippen LogP contribution in [0.5, 0.6) is 0 Å². The third-order valence-corrected chi connectivity index (χ3v) is 8.04. The number of ether oxygens (including phenoxy) is 1. The molecular formula is C27H47N3O6. The molecule has 0 amide bonds. The van der Waals surface area contributed by atoms with Crippen LogP contribution in [0.1, 0.15) is 66.7 Å². The van der Waals surface area contributed by atoms with Gasteiger partial charge in [0.1, 0.15) is 12.1 Å². The van der Waals surface area contributed by atoms with Gasteiger partial charge in [0, 0.05) is 49.7 Å². The van der Waals surface area contributed by atoms with Gasteiger partial charge in [0.2, 0.25) is 0 Å². The van der Waals surface area contributed by atoms with Crippen LogP contribution in [0.2, 0.25) is 0 Å². The second-order valence-corrected chi connectivity index (χ2v) is 10.5. The molecule has 0 aromatic heterocycles. The van der Waals surface area contributed by atoms with E-state index >= 15 is 0 Å². The Balaban J connectivity index is 2.72. The number of Topliss-reactive ketones (excluding diaryl/α,β-unsaturated/α-hetero) is 1. The third kappa shape index (κ3) is 8.38. The molecule has 1 rings (SSSR count). The standard InChI is InChI=1S/C27H47N3O6/c1-17(25(34)20(4)26(35)19(3)22(33)9-12-31)8-7-10-27(5)24(30(27)11-13-32)15-23(36-6)18(2)14-21(29)16-28/h12,14,16-17,19-20,22-25,28-29,32-34H,7-11,13,15H2,1-6H3/b18-14+,28-16?,29-21?/t17-,19?,20+,22-,23?,24?,25?,27+,30?/m0/s1. The predicted molar refractivity (Wildman–Crippen MR) is 141 cm³/mol. The van der Waals surface area contributed by atoms with Crippen LogP contribution in [0, 0.1) is 28.6 Å². The van der Waals surface area contributed by atoms with E-state index in [9.17, 15) is 24.9 Å². The summed E-state index contributed by atoms with van der Waals surface area (Å²) in [4.78, 5) is 25.6. The van der Waals surface area contributed by atoms with Crippen molar-refractivity contribution in [1.82, 2.24) is 4.90 Å². The maximum atomic E-state index is 12.7. The third-order valence-electron chi connectivity index (χ3n) is 8.04. The number of carbonyl (C=O) groups is 2. The van der Waals surface area contributed by atoms with Crippen LogP contribution in [-0.2, 0) is 14.3 Å². The second kappa shape index (κ2) is 14.8. The molecular weight excluding hydrogens is 462 g/mol. The minimum Gasteiger partial charge on any atom is -0.395 e. The van der Waals surface area contributed by atoms with Crippen LogP contribution >= 0.6 is 0 Å². The summed E-state index contributed by atoms with van der Waals surface area (Å²) < 4.78 is 5.67. The highest BCUT2D eigenvalue weighted by molar-refractivity contribution is 6.33. The fourth-order valence-electron chi connectivity index (χ4n) is 5.36. The molecule has 0 saturated carbocycles. The van der Waals surface area contributed by atoms with Crippen LogP contribution in [0.15, 0.2) is 11.6 Å². The van der Waals surface area contributed by atoms with E-state index in [1.165, 1.54) is 0 Å². The normalized spacial score (nSPS) is 26.9. The summed E-state index contributed by atoms with van der Waals surface area (Å²) in [6.07, 6.45) is 4.20. The van der Waals surface area contributed by atoms with Crippen molar-refractivity contribution in [2.45, 2.75) is 96.6 Å². The number of nitrogens with one attached hydrogen (secondary N) is 2. The van der Waals surface area contributed by atoms with E-state index in [0.29, 0.717) is 19.3 Å². The van der Waals surface area contributed by atoms with Crippen molar-refractivity contribution in [1.29, 1.82) is 10.8 Å². The molecule has 9 nitrogen and oxygen atoms in total. The molecule has 0 aromatic carbocycles. The number of β-amino-alcohol motifs (C(OH)–C–C–N with tert-alkyl or cyclic N) is 1. The molecule has 5 unspecified atom stereocenters. The highest BCUT2D eigenvalue weighted by atomic mass is 16.5. The fourth-order valence-corrected chi connectivity index (χ4v) is 5.36. The molecule has 1 saturated heterocycles. The van der Waals surface area contributed by atoms with Gasteiger partial charge in [-0.2, -0.15) is 0 Å². The smallest absolute Gasteiger partial charge is 0.143 e. The van der Waals surface area contributed by atoms with Gasteiger partial charge in [-0.25, -0.2) is 0 Å². The lowest BCUT2D eigenvalue weighted by Gasteiger charge is -2.27. The number of ketones is 1. The molecule has 0 spiro atoms. The fraction of sp³-hybridized carbons (Fsp3) is 0.778. The van der Waals surface area contributed by atoms with Crippen molar-refractivity contribution in [3.63, 3.8) is 0 Å². The Hall–Kier alpha value is -1.78. The molecule has 36 heavy (non-hydrogen) atoms. The van der Waals surface area contributed by atoms with Crippen LogP contribution in [-0.4, -0.2) is 94.4 Å². The number of aldehydes is 1. The largest absolute Gasteiger partial charge is 0.395 e. The summed E-state index contributed by atoms with van der Waals surface area (Å²) in [6.45, 7) is 9.86. The summed E-state index contributed by atoms with van der Waals surface area (Å²) >= 11 is 0. The van der Waals surface area contributed by atoms with Gasteiger partial charge >= 0.3 is 0 Å². The lowest BCUT2D eigenvalue weighted by molar-refractivity contribution is -0.134. The first-order valence-corrected chi connectivity index (χ1v) is 12.9. The predicted octanol–water partition coefficient (Wildman–Crippen LogP) is 2.40. The van der Waals surface area contributed by atoms with Gasteiger partial charge in [0.15, 0.2) is 0 Å². The van der Waals surface area contributed by atoms with E-state index in [1.54, 1.807) is 27.0 Å². The monoisotopic (exact) mass is 509 g/mol. The Morgan fingerprint density at radius 1 is 1.22 bits per heavy atom. The molecule has 9 heteroatoms. The van der Waals surface area contributed by atoms with Crippen molar-refractivity contribution in [2.24, 2.45) is 17.8 Å². The van der Waals surface area contributed by atoms with Gasteiger partial charge in [-0.05, 0) is 50.7 Å². The number of aliphatic hydroxyl groups is 3. The second-order valence-electron chi connectivity index (χ2n) is 10.5. The lowest BCUT2D eigenvalue weighted by atomic mass is 9.81. The molecule has 0 aliphatic carbocycles. The van der Waals surface area contributed by atoms with Gasteiger partial charge in [0.25, 0.3) is 0 Å². The van der Waals surface area contributed by atoms with Crippen molar-refractivity contribution >= 4 is 24.0 Å². The maximum absolute atomic E-state index is 12.7. The molecule has 1 fully saturated rings. The average molecular weight is 510 g/mol. The van der Waals surface area contributed by atoms with Gasteiger partial charge in [-0.15, -0.1) is 0 Å². The first-order valence-electron chi connectivity index (χ1n) is 12.9. The summed E-state index contributed by atoms with van der Waals surface area (Å²) in [5.41, 5.74) is 0.884. The Bertz CT molecular complexity index is 787. The van der Waals surface area contributed by atoms with Crippen molar-refractivity contribution in [2.75, 3.05) is 20.3 Å². The number of carbonyl (C=O) groups excluding carboxylic acids is 2. The number of hydrogen-bond donors (Lipinski definition) is 5. The molecule has 1 aliphatic heterocycles. The van der Waals surface area contributed by atoms with E-state index in [-0.39, 0.29) is 48.1 Å². The maximum Gasteiger partial charge on any atom is 0.143 e. The lowest BCUT2D eigenvalue weighted by Crippen LogP contribution is -2.38. The van der Waals surface area contributed by atoms with Gasteiger partial charge in [0.05, 0.1) is 30.6 Å². The molecule has 5 N–H and O–H groups in total. The molecule has 206 valence electrons. The van der Waals surface area contributed by atoms with Crippen LogP contribution in [0.3, 0.4) is 0 Å². The molecule has 1 aliphatic rings. The summed E-state index contributed by atoms with van der Waals surface area (Å²) in [7, 11) is 1.64. The number of allylic oxidation sites excluding steroid dienone is 1. The minimum absolute atomic E-state index is 0.0554. The number of aliphatic hydroxyl groups excluding tert-OH is 3. The first-order chi connectivity index (χ1) is 16.9. The Labute approximate surface area is 215 Å². The van der Waals surface area contributed by atoms with Gasteiger partial charge in [-0.1, -0.05) is 27.2 Å². The van der Waals surface area contributed by atoms with E-state index in [4.69, 9.17) is 15.6 Å². The van der Waals surface area contributed by atoms with Gasteiger partial charge < -0.3 is 30.3 Å². The topological polar surface area (TPSA) is 155 Å². The van der Waals surface area contributed by atoms with E-state index in [2.05, 4.69) is 11.8 Å². The van der Waals surface area contributed by atoms with Crippen molar-refractivity contribution in [3.8, 4) is 0 Å². The zero-order chi connectivity index (χ0) is 27.6. The van der Waals surface area contributed by atoms with Crippen LogP contribution in [0.25, 0.3) is 0 Å². The molecule has 0 radical (unpaired) electrons.